The Bertz CT molecular complexity index is 609. The van der Waals surface area contributed by atoms with E-state index in [0.717, 1.165) is 10.3 Å². The third kappa shape index (κ3) is 3.50. The molecule has 0 fully saturated rings. The number of aliphatic hydroxyl groups excluding tert-OH is 1. The van der Waals surface area contributed by atoms with Gasteiger partial charge in [-0.25, -0.2) is 0 Å². The zero-order chi connectivity index (χ0) is 14.4. The van der Waals surface area contributed by atoms with E-state index in [0.29, 0.717) is 19.0 Å². The smallest absolute Gasteiger partial charge is 0.191 e. The van der Waals surface area contributed by atoms with Crippen molar-refractivity contribution in [3.63, 3.8) is 0 Å². The van der Waals surface area contributed by atoms with Crippen LogP contribution in [0, 0.1) is 12.3 Å². The van der Waals surface area contributed by atoms with Crippen LogP contribution in [0.4, 0.5) is 0 Å². The molecular weight excluding hydrogens is 270 g/mol. The number of benzene rings is 1. The number of guanidine groups is 1. The maximum absolute atomic E-state index is 10.2. The molecule has 0 aliphatic heterocycles. The van der Waals surface area contributed by atoms with Crippen LogP contribution in [0.15, 0.2) is 35.3 Å². The predicted molar refractivity (Wildman–Crippen MR) is 85.0 cm³/mol. The van der Waals surface area contributed by atoms with Crippen molar-refractivity contribution in [2.24, 2.45) is 4.99 Å². The molecule has 1 aromatic carbocycles. The number of aliphatic hydroxyl groups is 1. The maximum Gasteiger partial charge on any atom is 0.191 e. The lowest BCUT2D eigenvalue weighted by molar-refractivity contribution is 0.184. The quantitative estimate of drug-likeness (QED) is 0.456. The van der Waals surface area contributed by atoms with Gasteiger partial charge in [-0.2, -0.15) is 0 Å². The summed E-state index contributed by atoms with van der Waals surface area (Å²) in [6, 6.07) is 10.1. The molecule has 0 aliphatic carbocycles. The second kappa shape index (κ2) is 6.94. The van der Waals surface area contributed by atoms with Gasteiger partial charge in [-0.1, -0.05) is 24.1 Å². The van der Waals surface area contributed by atoms with Crippen LogP contribution in [0.2, 0.25) is 0 Å². The first-order valence-corrected chi connectivity index (χ1v) is 7.10. The molecule has 5 heteroatoms. The average Bonchev–Trinajstić information content (AvgIpc) is 2.91. The van der Waals surface area contributed by atoms with Gasteiger partial charge < -0.3 is 15.7 Å². The Morgan fingerprint density at radius 2 is 2.25 bits per heavy atom. The number of nitrogens with one attached hydrogen (secondary N) is 2. The summed E-state index contributed by atoms with van der Waals surface area (Å²) in [6.07, 6.45) is 4.61. The number of fused-ring (bicyclic) bond motifs is 1. The first-order valence-electron chi connectivity index (χ1n) is 6.29. The second-order valence-electron chi connectivity index (χ2n) is 4.21. The molecular formula is C15H17N3OS. The van der Waals surface area contributed by atoms with Crippen molar-refractivity contribution in [2.45, 2.75) is 6.10 Å². The van der Waals surface area contributed by atoms with Gasteiger partial charge in [0.1, 0.15) is 6.10 Å². The summed E-state index contributed by atoms with van der Waals surface area (Å²) in [5.74, 6) is 3.06. The van der Waals surface area contributed by atoms with Crippen LogP contribution in [0.25, 0.3) is 10.1 Å². The van der Waals surface area contributed by atoms with Crippen LogP contribution in [0.3, 0.4) is 0 Å². The Labute approximate surface area is 122 Å². The lowest BCUT2D eigenvalue weighted by Gasteiger charge is -2.13. The molecule has 4 nitrogen and oxygen atoms in total. The summed E-state index contributed by atoms with van der Waals surface area (Å²) >= 11 is 1.60. The van der Waals surface area contributed by atoms with E-state index < -0.39 is 6.10 Å². The summed E-state index contributed by atoms with van der Waals surface area (Å²) < 4.78 is 1.18. The van der Waals surface area contributed by atoms with Crippen molar-refractivity contribution in [1.82, 2.24) is 10.6 Å². The van der Waals surface area contributed by atoms with Crippen LogP contribution in [0.5, 0.6) is 0 Å². The van der Waals surface area contributed by atoms with Crippen LogP contribution in [-0.2, 0) is 0 Å². The minimum atomic E-state index is -0.572. The molecule has 2 rings (SSSR count). The van der Waals surface area contributed by atoms with Gasteiger partial charge in [0.25, 0.3) is 0 Å². The Balaban J connectivity index is 1.97. The van der Waals surface area contributed by atoms with Crippen molar-refractivity contribution in [3.05, 3.63) is 35.2 Å². The molecule has 0 saturated heterocycles. The highest BCUT2D eigenvalue weighted by Gasteiger charge is 2.11. The molecule has 1 heterocycles. The number of thiophene rings is 1. The molecule has 0 aliphatic rings. The van der Waals surface area contributed by atoms with E-state index >= 15 is 0 Å². The fourth-order valence-corrected chi connectivity index (χ4v) is 2.87. The van der Waals surface area contributed by atoms with Crippen LogP contribution in [-0.4, -0.2) is 31.2 Å². The van der Waals surface area contributed by atoms with E-state index in [1.54, 1.807) is 18.4 Å². The van der Waals surface area contributed by atoms with E-state index in [2.05, 4.69) is 27.6 Å². The topological polar surface area (TPSA) is 56.7 Å². The van der Waals surface area contributed by atoms with Crippen molar-refractivity contribution in [3.8, 4) is 12.3 Å². The van der Waals surface area contributed by atoms with E-state index in [-0.39, 0.29) is 0 Å². The SMILES string of the molecule is C#CCNC(=NC)NCC(O)c1cc2ccccc2s1. The molecule has 0 bridgehead atoms. The molecule has 0 saturated carbocycles. The molecule has 0 amide bonds. The van der Waals surface area contributed by atoms with Crippen LogP contribution in [0.1, 0.15) is 11.0 Å². The van der Waals surface area contributed by atoms with Crippen molar-refractivity contribution in [1.29, 1.82) is 0 Å². The fraction of sp³-hybridized carbons (Fsp3) is 0.267. The molecule has 2 aromatic rings. The van der Waals surface area contributed by atoms with Gasteiger partial charge in [-0.15, -0.1) is 17.8 Å². The molecule has 104 valence electrons. The van der Waals surface area contributed by atoms with Gasteiger partial charge in [0.15, 0.2) is 5.96 Å². The van der Waals surface area contributed by atoms with Gasteiger partial charge in [-0.05, 0) is 17.5 Å². The molecule has 1 atom stereocenters. The first-order chi connectivity index (χ1) is 9.74. The molecule has 1 unspecified atom stereocenters. The summed E-state index contributed by atoms with van der Waals surface area (Å²) in [4.78, 5) is 4.96. The summed E-state index contributed by atoms with van der Waals surface area (Å²) in [6.45, 7) is 0.787. The third-order valence-corrected chi connectivity index (χ3v) is 4.03. The van der Waals surface area contributed by atoms with Gasteiger partial charge in [-0.3, -0.25) is 4.99 Å². The zero-order valence-corrected chi connectivity index (χ0v) is 12.1. The third-order valence-electron chi connectivity index (χ3n) is 2.82. The monoisotopic (exact) mass is 287 g/mol. The zero-order valence-electron chi connectivity index (χ0n) is 11.3. The Morgan fingerprint density at radius 1 is 1.45 bits per heavy atom. The van der Waals surface area contributed by atoms with Gasteiger partial charge in [0, 0.05) is 23.2 Å². The normalized spacial score (nSPS) is 12.9. The highest BCUT2D eigenvalue weighted by molar-refractivity contribution is 7.19. The molecule has 0 spiro atoms. The summed E-state index contributed by atoms with van der Waals surface area (Å²) in [5, 5.41) is 17.4. The molecule has 3 N–H and O–H groups in total. The Hall–Kier alpha value is -2.03. The van der Waals surface area contributed by atoms with E-state index in [1.165, 1.54) is 4.70 Å². The van der Waals surface area contributed by atoms with Gasteiger partial charge >= 0.3 is 0 Å². The van der Waals surface area contributed by atoms with E-state index in [9.17, 15) is 5.11 Å². The number of nitrogens with zero attached hydrogens (tertiary/aromatic N) is 1. The number of hydrogen-bond acceptors (Lipinski definition) is 3. The van der Waals surface area contributed by atoms with Crippen molar-refractivity contribution < 1.29 is 5.11 Å². The average molecular weight is 287 g/mol. The first kappa shape index (κ1) is 14.4. The van der Waals surface area contributed by atoms with Crippen LogP contribution >= 0.6 is 11.3 Å². The number of aliphatic imine (C=N–C) groups is 1. The standard InChI is InChI=1S/C15H17N3OS/c1-3-8-17-15(16-2)18-10-12(19)14-9-11-6-4-5-7-13(11)20-14/h1,4-7,9,12,19H,8,10H2,2H3,(H2,16,17,18). The highest BCUT2D eigenvalue weighted by atomic mass is 32.1. The minimum Gasteiger partial charge on any atom is -0.386 e. The van der Waals surface area contributed by atoms with E-state index in [4.69, 9.17) is 6.42 Å². The van der Waals surface area contributed by atoms with Gasteiger partial charge in [0.05, 0.1) is 6.54 Å². The lowest BCUT2D eigenvalue weighted by Crippen LogP contribution is -2.39. The largest absolute Gasteiger partial charge is 0.386 e. The maximum atomic E-state index is 10.2. The van der Waals surface area contributed by atoms with Gasteiger partial charge in [0.2, 0.25) is 0 Å². The summed E-state index contributed by atoms with van der Waals surface area (Å²) in [5.41, 5.74) is 0. The van der Waals surface area contributed by atoms with E-state index in [1.807, 2.05) is 24.3 Å². The summed E-state index contributed by atoms with van der Waals surface area (Å²) in [7, 11) is 1.66. The number of terminal acetylenes is 1. The second-order valence-corrected chi connectivity index (χ2v) is 5.33. The minimum absolute atomic E-state index is 0.386. The highest BCUT2D eigenvalue weighted by Crippen LogP contribution is 2.29. The molecule has 1 aromatic heterocycles. The lowest BCUT2D eigenvalue weighted by atomic mass is 10.2. The van der Waals surface area contributed by atoms with Crippen LogP contribution < -0.4 is 10.6 Å². The Morgan fingerprint density at radius 3 is 2.95 bits per heavy atom. The number of hydrogen-bond donors (Lipinski definition) is 3. The van der Waals surface area contributed by atoms with Crippen molar-refractivity contribution in [2.75, 3.05) is 20.1 Å². The molecule has 20 heavy (non-hydrogen) atoms. The fourth-order valence-electron chi connectivity index (χ4n) is 1.82. The molecule has 0 radical (unpaired) electrons. The van der Waals surface area contributed by atoms with Crippen molar-refractivity contribution >= 4 is 27.4 Å². The number of rotatable bonds is 4. The Kier molecular flexibility index (Phi) is 4.99. The predicted octanol–water partition coefficient (Wildman–Crippen LogP) is 1.73.